The highest BCUT2D eigenvalue weighted by atomic mass is 35.5. The summed E-state index contributed by atoms with van der Waals surface area (Å²) in [6.07, 6.45) is 3.54. The van der Waals surface area contributed by atoms with E-state index in [1.54, 1.807) is 0 Å². The number of hydrogen-bond acceptors (Lipinski definition) is 2. The Labute approximate surface area is 156 Å². The van der Waals surface area contributed by atoms with Crippen molar-refractivity contribution in [2.45, 2.75) is 25.8 Å². The van der Waals surface area contributed by atoms with Crippen LogP contribution in [0.4, 0.5) is 0 Å². The van der Waals surface area contributed by atoms with Gasteiger partial charge < -0.3 is 5.32 Å². The number of piperidine rings is 1. The molecule has 2 aromatic carbocycles. The number of benzene rings is 2. The number of nitrogens with zero attached hydrogens (tertiary/aromatic N) is 1. The average molecular weight is 359 g/mol. The van der Waals surface area contributed by atoms with E-state index in [-0.39, 0.29) is 18.3 Å². The second kappa shape index (κ2) is 10.2. The normalized spacial score (nSPS) is 15.4. The molecule has 0 bridgehead atoms. The van der Waals surface area contributed by atoms with Gasteiger partial charge in [0.2, 0.25) is 0 Å². The van der Waals surface area contributed by atoms with E-state index < -0.39 is 0 Å². The third-order valence-electron chi connectivity index (χ3n) is 4.83. The van der Waals surface area contributed by atoms with Gasteiger partial charge in [0.05, 0.1) is 0 Å². The molecule has 1 amide bonds. The molecule has 0 spiro atoms. The molecule has 3 rings (SSSR count). The first kappa shape index (κ1) is 19.5. The van der Waals surface area contributed by atoms with E-state index in [9.17, 15) is 4.79 Å². The smallest absolute Gasteiger partial charge is 0.251 e. The topological polar surface area (TPSA) is 32.3 Å². The van der Waals surface area contributed by atoms with Crippen LogP contribution in [0.2, 0.25) is 0 Å². The van der Waals surface area contributed by atoms with Crippen LogP contribution in [0.3, 0.4) is 0 Å². The summed E-state index contributed by atoms with van der Waals surface area (Å²) in [5, 5.41) is 3.04. The molecule has 1 aliphatic heterocycles. The SMILES string of the molecule is Cl.O=C(NCCC1CCN(Cc2ccccc2)CC1)c1ccccc1. The fraction of sp³-hybridized carbons (Fsp3) is 0.381. The fourth-order valence-corrected chi connectivity index (χ4v) is 3.36. The Morgan fingerprint density at radius 2 is 1.56 bits per heavy atom. The van der Waals surface area contributed by atoms with Crippen molar-refractivity contribution < 1.29 is 4.79 Å². The lowest BCUT2D eigenvalue weighted by molar-refractivity contribution is 0.0947. The quantitative estimate of drug-likeness (QED) is 0.841. The molecule has 1 aliphatic rings. The van der Waals surface area contributed by atoms with Gasteiger partial charge in [-0.2, -0.15) is 0 Å². The van der Waals surface area contributed by atoms with Gasteiger partial charge in [-0.15, -0.1) is 12.4 Å². The number of halogens is 1. The lowest BCUT2D eigenvalue weighted by Gasteiger charge is -2.32. The summed E-state index contributed by atoms with van der Waals surface area (Å²) in [5.74, 6) is 0.769. The third kappa shape index (κ3) is 6.18. The zero-order valence-corrected chi connectivity index (χ0v) is 15.4. The summed E-state index contributed by atoms with van der Waals surface area (Å²) in [7, 11) is 0. The molecule has 134 valence electrons. The van der Waals surface area contributed by atoms with E-state index in [1.165, 1.54) is 18.4 Å². The summed E-state index contributed by atoms with van der Waals surface area (Å²) in [6, 6.07) is 20.1. The molecule has 2 aromatic rings. The summed E-state index contributed by atoms with van der Waals surface area (Å²) in [5.41, 5.74) is 2.14. The maximum atomic E-state index is 12.0. The summed E-state index contributed by atoms with van der Waals surface area (Å²) in [6.45, 7) is 4.15. The van der Waals surface area contributed by atoms with Gasteiger partial charge in [-0.3, -0.25) is 9.69 Å². The molecule has 1 heterocycles. The highest BCUT2D eigenvalue weighted by molar-refractivity contribution is 5.94. The molecular weight excluding hydrogens is 332 g/mol. The number of hydrogen-bond donors (Lipinski definition) is 1. The Morgan fingerprint density at radius 3 is 2.20 bits per heavy atom. The van der Waals surface area contributed by atoms with Crippen LogP contribution in [0, 0.1) is 5.92 Å². The van der Waals surface area contributed by atoms with Crippen molar-refractivity contribution in [3.63, 3.8) is 0 Å². The highest BCUT2D eigenvalue weighted by Gasteiger charge is 2.19. The van der Waals surface area contributed by atoms with Gasteiger partial charge in [-0.1, -0.05) is 48.5 Å². The molecule has 0 radical (unpaired) electrons. The monoisotopic (exact) mass is 358 g/mol. The number of amides is 1. The van der Waals surface area contributed by atoms with Gasteiger partial charge in [-0.05, 0) is 56.0 Å². The van der Waals surface area contributed by atoms with Gasteiger partial charge in [0.15, 0.2) is 0 Å². The Balaban J connectivity index is 0.00000225. The standard InChI is InChI=1S/C21H26N2O.ClH/c24-21(20-9-5-2-6-10-20)22-14-11-18-12-15-23(16-13-18)17-19-7-3-1-4-8-19;/h1-10,18H,11-17H2,(H,22,24);1H. The van der Waals surface area contributed by atoms with Crippen molar-refractivity contribution in [1.29, 1.82) is 0 Å². The van der Waals surface area contributed by atoms with Crippen molar-refractivity contribution in [2.75, 3.05) is 19.6 Å². The number of rotatable bonds is 6. The van der Waals surface area contributed by atoms with Crippen molar-refractivity contribution >= 4 is 18.3 Å². The van der Waals surface area contributed by atoms with Gasteiger partial charge in [0, 0.05) is 18.7 Å². The second-order valence-corrected chi connectivity index (χ2v) is 6.62. The molecule has 0 aromatic heterocycles. The minimum absolute atomic E-state index is 0. The number of nitrogens with one attached hydrogen (secondary N) is 1. The van der Waals surface area contributed by atoms with E-state index in [2.05, 4.69) is 40.5 Å². The molecule has 0 aliphatic carbocycles. The van der Waals surface area contributed by atoms with Crippen LogP contribution < -0.4 is 5.32 Å². The van der Waals surface area contributed by atoms with Crippen LogP contribution in [0.25, 0.3) is 0 Å². The van der Waals surface area contributed by atoms with E-state index >= 15 is 0 Å². The first-order valence-corrected chi connectivity index (χ1v) is 8.91. The molecule has 3 nitrogen and oxygen atoms in total. The first-order chi connectivity index (χ1) is 11.8. The van der Waals surface area contributed by atoms with Crippen molar-refractivity contribution in [1.82, 2.24) is 10.2 Å². The van der Waals surface area contributed by atoms with E-state index in [0.717, 1.165) is 44.1 Å². The lowest BCUT2D eigenvalue weighted by Crippen LogP contribution is -2.34. The van der Waals surface area contributed by atoms with E-state index in [0.29, 0.717) is 0 Å². The molecule has 1 saturated heterocycles. The number of carbonyl (C=O) groups is 1. The van der Waals surface area contributed by atoms with Gasteiger partial charge in [0.1, 0.15) is 0 Å². The molecule has 1 N–H and O–H groups in total. The minimum Gasteiger partial charge on any atom is -0.352 e. The van der Waals surface area contributed by atoms with Gasteiger partial charge in [-0.25, -0.2) is 0 Å². The molecule has 0 unspecified atom stereocenters. The summed E-state index contributed by atoms with van der Waals surface area (Å²) in [4.78, 5) is 14.6. The van der Waals surface area contributed by atoms with Crippen LogP contribution in [-0.2, 0) is 6.54 Å². The van der Waals surface area contributed by atoms with Crippen LogP contribution in [0.5, 0.6) is 0 Å². The molecular formula is C21H27ClN2O. The zero-order valence-electron chi connectivity index (χ0n) is 14.6. The summed E-state index contributed by atoms with van der Waals surface area (Å²) >= 11 is 0. The third-order valence-corrected chi connectivity index (χ3v) is 4.83. The molecule has 0 saturated carbocycles. The lowest BCUT2D eigenvalue weighted by atomic mass is 9.93. The van der Waals surface area contributed by atoms with E-state index in [1.807, 2.05) is 30.3 Å². The Hall–Kier alpha value is -1.84. The average Bonchev–Trinajstić information content (AvgIpc) is 2.65. The highest BCUT2D eigenvalue weighted by Crippen LogP contribution is 2.21. The van der Waals surface area contributed by atoms with Crippen LogP contribution >= 0.6 is 12.4 Å². The molecule has 0 atom stereocenters. The number of likely N-dealkylation sites (tertiary alicyclic amines) is 1. The van der Waals surface area contributed by atoms with Crippen LogP contribution in [0.15, 0.2) is 60.7 Å². The van der Waals surface area contributed by atoms with Crippen molar-refractivity contribution in [3.05, 3.63) is 71.8 Å². The predicted octanol–water partition coefficient (Wildman–Crippen LogP) is 4.14. The Kier molecular flexibility index (Phi) is 7.96. The van der Waals surface area contributed by atoms with Crippen LogP contribution in [0.1, 0.15) is 35.2 Å². The van der Waals surface area contributed by atoms with Crippen molar-refractivity contribution in [3.8, 4) is 0 Å². The maximum absolute atomic E-state index is 12.0. The largest absolute Gasteiger partial charge is 0.352 e. The number of carbonyl (C=O) groups excluding carboxylic acids is 1. The molecule has 25 heavy (non-hydrogen) atoms. The maximum Gasteiger partial charge on any atom is 0.251 e. The van der Waals surface area contributed by atoms with Gasteiger partial charge in [0.25, 0.3) is 5.91 Å². The summed E-state index contributed by atoms with van der Waals surface area (Å²) < 4.78 is 0. The fourth-order valence-electron chi connectivity index (χ4n) is 3.36. The van der Waals surface area contributed by atoms with Crippen molar-refractivity contribution in [2.24, 2.45) is 5.92 Å². The molecule has 4 heteroatoms. The first-order valence-electron chi connectivity index (χ1n) is 8.91. The second-order valence-electron chi connectivity index (χ2n) is 6.62. The minimum atomic E-state index is 0. The Bertz CT molecular complexity index is 625. The van der Waals surface area contributed by atoms with Crippen LogP contribution in [-0.4, -0.2) is 30.4 Å². The zero-order chi connectivity index (χ0) is 16.6. The predicted molar refractivity (Wildman–Crippen MR) is 105 cm³/mol. The van der Waals surface area contributed by atoms with E-state index in [4.69, 9.17) is 0 Å². The Morgan fingerprint density at radius 1 is 0.960 bits per heavy atom. The van der Waals surface area contributed by atoms with Gasteiger partial charge >= 0.3 is 0 Å². The molecule has 1 fully saturated rings.